The Morgan fingerprint density at radius 2 is 2.17 bits per heavy atom. The van der Waals surface area contributed by atoms with Crippen molar-refractivity contribution < 1.29 is 14.3 Å². The number of rotatable bonds is 5. The smallest absolute Gasteiger partial charge is 0.270 e. The molecule has 0 aromatic carbocycles. The van der Waals surface area contributed by atoms with Crippen molar-refractivity contribution in [3.63, 3.8) is 0 Å². The summed E-state index contributed by atoms with van der Waals surface area (Å²) in [5.41, 5.74) is 1.29. The zero-order valence-corrected chi connectivity index (χ0v) is 14.0. The van der Waals surface area contributed by atoms with Crippen LogP contribution in [0, 0.1) is 6.92 Å². The van der Waals surface area contributed by atoms with Crippen molar-refractivity contribution in [2.24, 2.45) is 0 Å². The van der Waals surface area contributed by atoms with Gasteiger partial charge in [0.1, 0.15) is 5.69 Å². The number of carbonyl (C=O) groups excluding carboxylic acids is 2. The number of nitrogens with zero attached hydrogens (tertiary/aromatic N) is 3. The summed E-state index contributed by atoms with van der Waals surface area (Å²) in [4.78, 5) is 32.8. The van der Waals surface area contributed by atoms with Gasteiger partial charge < -0.3 is 15.0 Å². The van der Waals surface area contributed by atoms with Gasteiger partial charge in [0.2, 0.25) is 5.91 Å². The lowest BCUT2D eigenvalue weighted by Crippen LogP contribution is -2.48. The molecule has 0 radical (unpaired) electrons. The summed E-state index contributed by atoms with van der Waals surface area (Å²) >= 11 is 0. The summed E-state index contributed by atoms with van der Waals surface area (Å²) in [6.45, 7) is 6.62. The molecule has 3 rings (SSSR count). The predicted octanol–water partition coefficient (Wildman–Crippen LogP) is 0.0529. The fourth-order valence-corrected chi connectivity index (χ4v) is 3.28. The Bertz CT molecular complexity index is 601. The van der Waals surface area contributed by atoms with E-state index in [4.69, 9.17) is 4.74 Å². The molecule has 1 atom stereocenters. The number of aryl methyl sites for hydroxylation is 1. The number of ether oxygens (including phenoxy) is 1. The molecule has 0 aliphatic carbocycles. The molecule has 1 aromatic heterocycles. The van der Waals surface area contributed by atoms with Gasteiger partial charge in [-0.25, -0.2) is 0 Å². The number of pyridine rings is 1. The number of morpholine rings is 1. The normalized spacial score (nSPS) is 22.0. The summed E-state index contributed by atoms with van der Waals surface area (Å²) in [5, 5.41) is 2.85. The summed E-state index contributed by atoms with van der Waals surface area (Å²) in [6, 6.07) is 3.64. The van der Waals surface area contributed by atoms with Crippen LogP contribution in [0.3, 0.4) is 0 Å². The lowest BCUT2D eigenvalue weighted by Gasteiger charge is -2.31. The van der Waals surface area contributed by atoms with Gasteiger partial charge in [-0.2, -0.15) is 0 Å². The van der Waals surface area contributed by atoms with E-state index in [9.17, 15) is 9.59 Å². The first-order valence-corrected chi connectivity index (χ1v) is 8.47. The van der Waals surface area contributed by atoms with E-state index in [2.05, 4.69) is 15.2 Å². The van der Waals surface area contributed by atoms with E-state index in [0.717, 1.165) is 31.6 Å². The van der Waals surface area contributed by atoms with Crippen LogP contribution in [0.5, 0.6) is 0 Å². The zero-order valence-electron chi connectivity index (χ0n) is 14.0. The van der Waals surface area contributed by atoms with Gasteiger partial charge in [-0.15, -0.1) is 0 Å². The minimum absolute atomic E-state index is 0.0253. The maximum absolute atomic E-state index is 12.5. The molecule has 2 fully saturated rings. The van der Waals surface area contributed by atoms with Gasteiger partial charge in [-0.3, -0.25) is 19.5 Å². The molecule has 130 valence electrons. The minimum Gasteiger partial charge on any atom is -0.379 e. The fraction of sp³-hybridized carbons (Fsp3) is 0.588. The summed E-state index contributed by atoms with van der Waals surface area (Å²) in [7, 11) is 0. The standard InChI is InChI=1S/C17H24N4O3/c1-13-3-2-5-18-15(13)16(22)19-6-8-21-7-4-14(17(21)23)20-9-11-24-12-10-20/h2-3,5,14H,4,6-12H2,1H3,(H,19,22)/t14-/m0/s1. The summed E-state index contributed by atoms with van der Waals surface area (Å²) in [6.07, 6.45) is 2.46. The molecule has 7 heteroatoms. The molecule has 0 bridgehead atoms. The van der Waals surface area contributed by atoms with Gasteiger partial charge in [-0.1, -0.05) is 6.07 Å². The molecule has 3 heterocycles. The van der Waals surface area contributed by atoms with Gasteiger partial charge in [0.25, 0.3) is 5.91 Å². The van der Waals surface area contributed by atoms with Gasteiger partial charge in [0.05, 0.1) is 19.3 Å². The Morgan fingerprint density at radius 1 is 1.38 bits per heavy atom. The monoisotopic (exact) mass is 332 g/mol. The summed E-state index contributed by atoms with van der Waals surface area (Å²) < 4.78 is 5.34. The molecule has 2 aliphatic heterocycles. The number of hydrogen-bond acceptors (Lipinski definition) is 5. The Labute approximate surface area is 142 Å². The van der Waals surface area contributed by atoms with Gasteiger partial charge in [-0.05, 0) is 25.0 Å². The molecule has 2 aliphatic rings. The van der Waals surface area contributed by atoms with E-state index >= 15 is 0 Å². The molecule has 2 saturated heterocycles. The average molecular weight is 332 g/mol. The average Bonchev–Trinajstić information content (AvgIpc) is 2.97. The van der Waals surface area contributed by atoms with Gasteiger partial charge in [0, 0.05) is 38.9 Å². The molecule has 7 nitrogen and oxygen atoms in total. The SMILES string of the molecule is Cc1cccnc1C(=O)NCCN1CC[C@H](N2CCOCC2)C1=O. The van der Waals surface area contributed by atoms with E-state index in [-0.39, 0.29) is 17.9 Å². The minimum atomic E-state index is -0.190. The molecule has 1 N–H and O–H groups in total. The highest BCUT2D eigenvalue weighted by molar-refractivity contribution is 5.93. The highest BCUT2D eigenvalue weighted by Gasteiger charge is 2.36. The Hall–Kier alpha value is -1.99. The quantitative estimate of drug-likeness (QED) is 0.825. The summed E-state index contributed by atoms with van der Waals surface area (Å²) in [5.74, 6) is -0.0235. The van der Waals surface area contributed by atoms with Crippen molar-refractivity contribution in [2.45, 2.75) is 19.4 Å². The van der Waals surface area contributed by atoms with Crippen LogP contribution < -0.4 is 5.32 Å². The number of nitrogens with one attached hydrogen (secondary N) is 1. The van der Waals surface area contributed by atoms with Crippen LogP contribution in [0.25, 0.3) is 0 Å². The molecule has 0 spiro atoms. The topological polar surface area (TPSA) is 74.8 Å². The second-order valence-corrected chi connectivity index (χ2v) is 6.20. The van der Waals surface area contributed by atoms with Crippen LogP contribution in [0.1, 0.15) is 22.5 Å². The third kappa shape index (κ3) is 3.73. The van der Waals surface area contributed by atoms with Crippen LogP contribution in [0.2, 0.25) is 0 Å². The number of carbonyl (C=O) groups is 2. The first-order valence-electron chi connectivity index (χ1n) is 8.47. The Balaban J connectivity index is 1.46. The lowest BCUT2D eigenvalue weighted by atomic mass is 10.2. The maximum Gasteiger partial charge on any atom is 0.270 e. The van der Waals surface area contributed by atoms with E-state index < -0.39 is 0 Å². The van der Waals surface area contributed by atoms with E-state index in [1.807, 2.05) is 17.9 Å². The lowest BCUT2D eigenvalue weighted by molar-refractivity contribution is -0.133. The van der Waals surface area contributed by atoms with E-state index in [1.54, 1.807) is 12.3 Å². The van der Waals surface area contributed by atoms with Crippen LogP contribution in [0.15, 0.2) is 18.3 Å². The molecule has 2 amide bonds. The van der Waals surface area contributed by atoms with Crippen LogP contribution in [0.4, 0.5) is 0 Å². The molecule has 1 aromatic rings. The molecular formula is C17H24N4O3. The molecular weight excluding hydrogens is 308 g/mol. The highest BCUT2D eigenvalue weighted by atomic mass is 16.5. The molecule has 0 saturated carbocycles. The van der Waals surface area contributed by atoms with E-state index in [0.29, 0.717) is 32.0 Å². The van der Waals surface area contributed by atoms with Gasteiger partial charge in [0.15, 0.2) is 0 Å². The number of likely N-dealkylation sites (tertiary alicyclic amines) is 1. The number of hydrogen-bond donors (Lipinski definition) is 1. The second kappa shape index (κ2) is 7.72. The van der Waals surface area contributed by atoms with Crippen LogP contribution in [-0.2, 0) is 9.53 Å². The zero-order chi connectivity index (χ0) is 16.9. The van der Waals surface area contributed by atoms with Gasteiger partial charge >= 0.3 is 0 Å². The van der Waals surface area contributed by atoms with Crippen LogP contribution in [-0.4, -0.2) is 78.6 Å². The van der Waals surface area contributed by atoms with Crippen molar-refractivity contribution in [1.82, 2.24) is 20.1 Å². The van der Waals surface area contributed by atoms with Crippen LogP contribution >= 0.6 is 0 Å². The largest absolute Gasteiger partial charge is 0.379 e. The number of aromatic nitrogens is 1. The third-order valence-corrected chi connectivity index (χ3v) is 4.65. The first-order chi connectivity index (χ1) is 11.7. The van der Waals surface area contributed by atoms with Crippen molar-refractivity contribution in [3.8, 4) is 0 Å². The predicted molar refractivity (Wildman–Crippen MR) is 88.7 cm³/mol. The Morgan fingerprint density at radius 3 is 2.92 bits per heavy atom. The van der Waals surface area contributed by atoms with Crippen molar-refractivity contribution in [3.05, 3.63) is 29.6 Å². The van der Waals surface area contributed by atoms with E-state index in [1.165, 1.54) is 0 Å². The first kappa shape index (κ1) is 16.9. The number of amides is 2. The Kier molecular flexibility index (Phi) is 5.42. The van der Waals surface area contributed by atoms with Crippen molar-refractivity contribution >= 4 is 11.8 Å². The molecule has 0 unspecified atom stereocenters. The van der Waals surface area contributed by atoms with Crippen molar-refractivity contribution in [2.75, 3.05) is 45.9 Å². The fourth-order valence-electron chi connectivity index (χ4n) is 3.28. The highest BCUT2D eigenvalue weighted by Crippen LogP contribution is 2.18. The second-order valence-electron chi connectivity index (χ2n) is 6.20. The maximum atomic E-state index is 12.5. The third-order valence-electron chi connectivity index (χ3n) is 4.65. The van der Waals surface area contributed by atoms with Crippen molar-refractivity contribution in [1.29, 1.82) is 0 Å². The molecule has 24 heavy (non-hydrogen) atoms.